The minimum atomic E-state index is -0.514. The van der Waals surface area contributed by atoms with Gasteiger partial charge in [0.25, 0.3) is 0 Å². The molecule has 2 aromatic carbocycles. The van der Waals surface area contributed by atoms with E-state index in [1.807, 2.05) is 38.1 Å². The molecule has 0 bridgehead atoms. The Morgan fingerprint density at radius 2 is 1.93 bits per heavy atom. The van der Waals surface area contributed by atoms with Gasteiger partial charge in [-0.25, -0.2) is 9.48 Å². The third kappa shape index (κ3) is 5.13. The van der Waals surface area contributed by atoms with Crippen LogP contribution >= 0.6 is 11.6 Å². The molecule has 5 nitrogen and oxygen atoms in total. The fourth-order valence-electron chi connectivity index (χ4n) is 2.83. The lowest BCUT2D eigenvalue weighted by Crippen LogP contribution is -2.02. The Morgan fingerprint density at radius 1 is 1.21 bits per heavy atom. The second-order valence-corrected chi connectivity index (χ2v) is 7.00. The van der Waals surface area contributed by atoms with Crippen LogP contribution in [-0.2, 0) is 22.7 Å². The van der Waals surface area contributed by atoms with Crippen LogP contribution in [0.3, 0.4) is 0 Å². The van der Waals surface area contributed by atoms with E-state index in [2.05, 4.69) is 11.2 Å². The van der Waals surface area contributed by atoms with Crippen LogP contribution in [-0.4, -0.2) is 15.7 Å². The van der Waals surface area contributed by atoms with Crippen molar-refractivity contribution in [3.05, 3.63) is 93.3 Å². The summed E-state index contributed by atoms with van der Waals surface area (Å²) in [5.41, 5.74) is 4.83. The lowest BCUT2D eigenvalue weighted by atomic mass is 10.1. The van der Waals surface area contributed by atoms with Crippen molar-refractivity contribution >= 4 is 23.6 Å². The van der Waals surface area contributed by atoms with Crippen LogP contribution in [0.4, 0.5) is 0 Å². The number of hydrogen-bond donors (Lipinski definition) is 0. The van der Waals surface area contributed by atoms with E-state index in [0.29, 0.717) is 28.4 Å². The first-order chi connectivity index (χ1) is 14.0. The molecule has 0 aliphatic carbocycles. The standard InChI is InChI=1S/C23H20ClN3O2/c1-16-7-9-18(10-8-16)14-27-23(24)21(17(2)26-27)11-12-22(28)29-15-20-6-4-3-5-19(20)13-25/h3-12H,14-15H2,1-2H3/b12-11+. The van der Waals surface area contributed by atoms with Crippen LogP contribution in [0.1, 0.15) is 33.5 Å². The van der Waals surface area contributed by atoms with E-state index in [4.69, 9.17) is 21.6 Å². The normalized spacial score (nSPS) is 10.8. The molecule has 29 heavy (non-hydrogen) atoms. The summed E-state index contributed by atoms with van der Waals surface area (Å²) in [4.78, 5) is 12.1. The van der Waals surface area contributed by atoms with Crippen LogP contribution in [0, 0.1) is 25.2 Å². The number of aryl methyl sites for hydroxylation is 2. The summed E-state index contributed by atoms with van der Waals surface area (Å²) in [6.45, 7) is 4.46. The molecule has 146 valence electrons. The van der Waals surface area contributed by atoms with E-state index in [-0.39, 0.29) is 6.61 Å². The zero-order valence-electron chi connectivity index (χ0n) is 16.2. The fourth-order valence-corrected chi connectivity index (χ4v) is 3.13. The maximum absolute atomic E-state index is 12.1. The van der Waals surface area contributed by atoms with Gasteiger partial charge >= 0.3 is 5.97 Å². The van der Waals surface area contributed by atoms with Crippen molar-refractivity contribution < 1.29 is 9.53 Å². The Balaban J connectivity index is 1.67. The summed E-state index contributed by atoms with van der Waals surface area (Å²) in [7, 11) is 0. The molecule has 0 saturated heterocycles. The van der Waals surface area contributed by atoms with Crippen LogP contribution in [0.25, 0.3) is 6.08 Å². The number of rotatable bonds is 6. The summed E-state index contributed by atoms with van der Waals surface area (Å²) in [6.07, 6.45) is 2.93. The molecule has 3 rings (SSSR count). The third-order valence-electron chi connectivity index (χ3n) is 4.46. The minimum absolute atomic E-state index is 0.0340. The topological polar surface area (TPSA) is 67.9 Å². The minimum Gasteiger partial charge on any atom is -0.458 e. The van der Waals surface area contributed by atoms with Crippen molar-refractivity contribution in [3.8, 4) is 6.07 Å². The van der Waals surface area contributed by atoms with E-state index < -0.39 is 5.97 Å². The first-order valence-electron chi connectivity index (χ1n) is 9.09. The monoisotopic (exact) mass is 405 g/mol. The number of hydrogen-bond acceptors (Lipinski definition) is 4. The number of carbonyl (C=O) groups is 1. The largest absolute Gasteiger partial charge is 0.458 e. The number of esters is 1. The van der Waals surface area contributed by atoms with E-state index >= 15 is 0 Å². The highest BCUT2D eigenvalue weighted by atomic mass is 35.5. The number of nitriles is 1. The summed E-state index contributed by atoms with van der Waals surface area (Å²) in [5.74, 6) is -0.514. The highest BCUT2D eigenvalue weighted by Gasteiger charge is 2.12. The number of benzene rings is 2. The van der Waals surface area contributed by atoms with Gasteiger partial charge in [-0.3, -0.25) is 0 Å². The Kier molecular flexibility index (Phi) is 6.48. The molecule has 1 aromatic heterocycles. The molecule has 0 saturated carbocycles. The van der Waals surface area contributed by atoms with Crippen LogP contribution < -0.4 is 0 Å². The summed E-state index contributed by atoms with van der Waals surface area (Å²) in [5, 5.41) is 14.0. The maximum atomic E-state index is 12.1. The number of carbonyl (C=O) groups excluding carboxylic acids is 1. The second-order valence-electron chi connectivity index (χ2n) is 6.64. The highest BCUT2D eigenvalue weighted by molar-refractivity contribution is 6.31. The van der Waals surface area contributed by atoms with Crippen molar-refractivity contribution in [3.63, 3.8) is 0 Å². The number of aromatic nitrogens is 2. The maximum Gasteiger partial charge on any atom is 0.331 e. The van der Waals surface area contributed by atoms with Crippen molar-refractivity contribution in [1.29, 1.82) is 5.26 Å². The Bertz CT molecular complexity index is 1090. The van der Waals surface area contributed by atoms with Gasteiger partial charge in [0.2, 0.25) is 0 Å². The fraction of sp³-hybridized carbons (Fsp3) is 0.174. The lowest BCUT2D eigenvalue weighted by Gasteiger charge is -2.04. The SMILES string of the molecule is Cc1ccc(Cn2nc(C)c(/C=C/C(=O)OCc3ccccc3C#N)c2Cl)cc1. The average molecular weight is 406 g/mol. The van der Waals surface area contributed by atoms with E-state index in [9.17, 15) is 4.79 Å². The molecular weight excluding hydrogens is 386 g/mol. The molecule has 0 N–H and O–H groups in total. The summed E-state index contributed by atoms with van der Waals surface area (Å²) >= 11 is 6.47. The van der Waals surface area contributed by atoms with Crippen molar-refractivity contribution in [2.24, 2.45) is 0 Å². The molecule has 1 heterocycles. The Hall–Kier alpha value is -3.36. The van der Waals surface area contributed by atoms with Gasteiger partial charge in [0.1, 0.15) is 11.8 Å². The van der Waals surface area contributed by atoms with Gasteiger partial charge < -0.3 is 4.74 Å². The second kappa shape index (κ2) is 9.22. The van der Waals surface area contributed by atoms with Gasteiger partial charge in [-0.1, -0.05) is 59.6 Å². The van der Waals surface area contributed by atoms with Crippen molar-refractivity contribution in [1.82, 2.24) is 9.78 Å². The Labute approximate surface area is 174 Å². The number of halogens is 1. The smallest absolute Gasteiger partial charge is 0.331 e. The molecule has 0 fully saturated rings. The van der Waals surface area contributed by atoms with Gasteiger partial charge in [0, 0.05) is 17.2 Å². The van der Waals surface area contributed by atoms with Gasteiger partial charge in [-0.2, -0.15) is 10.4 Å². The first-order valence-corrected chi connectivity index (χ1v) is 9.47. The molecule has 0 atom stereocenters. The third-order valence-corrected chi connectivity index (χ3v) is 4.85. The molecule has 0 aliphatic heterocycles. The van der Waals surface area contributed by atoms with Crippen LogP contribution in [0.2, 0.25) is 5.15 Å². The van der Waals surface area contributed by atoms with Gasteiger partial charge in [0.15, 0.2) is 0 Å². The zero-order valence-corrected chi connectivity index (χ0v) is 17.0. The van der Waals surface area contributed by atoms with Crippen LogP contribution in [0.15, 0.2) is 54.6 Å². The molecule has 6 heteroatoms. The molecule has 3 aromatic rings. The average Bonchev–Trinajstić information content (AvgIpc) is 2.99. The van der Waals surface area contributed by atoms with E-state index in [0.717, 1.165) is 11.3 Å². The molecular formula is C23H20ClN3O2. The predicted octanol–water partition coefficient (Wildman–Crippen LogP) is 4.83. The molecule has 0 aliphatic rings. The predicted molar refractivity (Wildman–Crippen MR) is 112 cm³/mol. The van der Waals surface area contributed by atoms with E-state index in [1.165, 1.54) is 11.6 Å². The number of ether oxygens (including phenoxy) is 1. The number of nitrogens with zero attached hydrogens (tertiary/aromatic N) is 3. The molecule has 0 radical (unpaired) electrons. The van der Waals surface area contributed by atoms with Crippen LogP contribution in [0.5, 0.6) is 0 Å². The molecule has 0 spiro atoms. The molecule has 0 unspecified atom stereocenters. The van der Waals surface area contributed by atoms with Crippen molar-refractivity contribution in [2.45, 2.75) is 27.0 Å². The van der Waals surface area contributed by atoms with Crippen molar-refractivity contribution in [2.75, 3.05) is 0 Å². The Morgan fingerprint density at radius 3 is 2.66 bits per heavy atom. The molecule has 0 amide bonds. The first kappa shape index (κ1) is 20.4. The summed E-state index contributed by atoms with van der Waals surface area (Å²) in [6, 6.07) is 17.2. The highest BCUT2D eigenvalue weighted by Crippen LogP contribution is 2.22. The van der Waals surface area contributed by atoms with E-state index in [1.54, 1.807) is 35.0 Å². The summed E-state index contributed by atoms with van der Waals surface area (Å²) < 4.78 is 6.94. The van der Waals surface area contributed by atoms with Gasteiger partial charge in [-0.05, 0) is 31.6 Å². The quantitative estimate of drug-likeness (QED) is 0.435. The van der Waals surface area contributed by atoms with Gasteiger partial charge in [0.05, 0.1) is 23.9 Å². The zero-order chi connectivity index (χ0) is 20.8. The lowest BCUT2D eigenvalue weighted by molar-refractivity contribution is -0.138. The van der Waals surface area contributed by atoms with Gasteiger partial charge in [-0.15, -0.1) is 0 Å².